The summed E-state index contributed by atoms with van der Waals surface area (Å²) in [5.41, 5.74) is 0.0570. The highest BCUT2D eigenvalue weighted by molar-refractivity contribution is 4.82. The second kappa shape index (κ2) is 5.75. The van der Waals surface area contributed by atoms with Gasteiger partial charge in [-0.25, -0.2) is 0 Å². The van der Waals surface area contributed by atoms with E-state index in [-0.39, 0.29) is 11.5 Å². The van der Waals surface area contributed by atoms with Crippen molar-refractivity contribution in [2.75, 3.05) is 0 Å². The predicted octanol–water partition coefficient (Wildman–Crippen LogP) is 3.86. The van der Waals surface area contributed by atoms with Gasteiger partial charge in [0.05, 0.1) is 6.10 Å². The van der Waals surface area contributed by atoms with Crippen molar-refractivity contribution in [3.63, 3.8) is 0 Å². The van der Waals surface area contributed by atoms with Crippen molar-refractivity contribution >= 4 is 0 Å². The number of rotatable bonds is 6. The van der Waals surface area contributed by atoms with Crippen LogP contribution in [0.15, 0.2) is 0 Å². The summed E-state index contributed by atoms with van der Waals surface area (Å²) in [7, 11) is 0. The maximum Gasteiger partial charge on any atom is 0.0619 e. The van der Waals surface area contributed by atoms with E-state index >= 15 is 0 Å². The quantitative estimate of drug-likeness (QED) is 0.690. The molecule has 0 radical (unpaired) electrons. The Morgan fingerprint density at radius 3 is 2.00 bits per heavy atom. The third kappa shape index (κ3) is 3.61. The van der Waals surface area contributed by atoms with Crippen LogP contribution in [0.2, 0.25) is 0 Å². The Kier molecular flexibility index (Phi) is 5.73. The summed E-state index contributed by atoms with van der Waals surface area (Å²) in [6.07, 6.45) is 3.30. The molecule has 1 nitrogen and oxygen atoms in total. The van der Waals surface area contributed by atoms with Crippen molar-refractivity contribution < 1.29 is 5.11 Å². The molecule has 0 aromatic heterocycles. The van der Waals surface area contributed by atoms with Crippen LogP contribution in [-0.2, 0) is 0 Å². The molecule has 0 amide bonds. The van der Waals surface area contributed by atoms with Gasteiger partial charge in [-0.1, -0.05) is 54.4 Å². The van der Waals surface area contributed by atoms with Gasteiger partial charge in [0, 0.05) is 0 Å². The zero-order chi connectivity index (χ0) is 11.4. The van der Waals surface area contributed by atoms with Crippen molar-refractivity contribution in [1.82, 2.24) is 0 Å². The maximum absolute atomic E-state index is 10.2. The number of hydrogen-bond acceptors (Lipinski definition) is 1. The van der Waals surface area contributed by atoms with Gasteiger partial charge in [0.15, 0.2) is 0 Å². The zero-order valence-electron chi connectivity index (χ0n) is 10.8. The van der Waals surface area contributed by atoms with Gasteiger partial charge < -0.3 is 5.11 Å². The summed E-state index contributed by atoms with van der Waals surface area (Å²) >= 11 is 0. The van der Waals surface area contributed by atoms with Gasteiger partial charge >= 0.3 is 0 Å². The van der Waals surface area contributed by atoms with Gasteiger partial charge in [0.25, 0.3) is 0 Å². The number of hydrogen-bond donors (Lipinski definition) is 1. The van der Waals surface area contributed by atoms with E-state index in [1.165, 1.54) is 12.8 Å². The minimum absolute atomic E-state index is 0.0570. The Labute approximate surface area is 89.9 Å². The smallest absolute Gasteiger partial charge is 0.0619 e. The molecule has 86 valence electrons. The molecule has 3 atom stereocenters. The average Bonchev–Trinajstić information content (AvgIpc) is 2.15. The fraction of sp³-hybridized carbons (Fsp3) is 1.00. The Balaban J connectivity index is 4.30. The van der Waals surface area contributed by atoms with Crippen LogP contribution in [0.1, 0.15) is 60.8 Å². The third-order valence-corrected chi connectivity index (χ3v) is 3.85. The van der Waals surface area contributed by atoms with E-state index in [0.717, 1.165) is 6.42 Å². The highest BCUT2D eigenvalue weighted by atomic mass is 16.3. The lowest BCUT2D eigenvalue weighted by Crippen LogP contribution is -2.37. The van der Waals surface area contributed by atoms with Gasteiger partial charge in [0.2, 0.25) is 0 Å². The van der Waals surface area contributed by atoms with E-state index in [1.54, 1.807) is 0 Å². The van der Waals surface area contributed by atoms with E-state index in [9.17, 15) is 5.11 Å². The van der Waals surface area contributed by atoms with Crippen LogP contribution in [0.3, 0.4) is 0 Å². The van der Waals surface area contributed by atoms with Crippen LogP contribution < -0.4 is 0 Å². The normalized spacial score (nSPS) is 19.1. The first-order valence-electron chi connectivity index (χ1n) is 6.04. The average molecular weight is 200 g/mol. The van der Waals surface area contributed by atoms with Crippen LogP contribution in [-0.4, -0.2) is 11.2 Å². The van der Waals surface area contributed by atoms with E-state index < -0.39 is 0 Å². The lowest BCUT2D eigenvalue weighted by molar-refractivity contribution is -0.0142. The van der Waals surface area contributed by atoms with Gasteiger partial charge in [-0.3, -0.25) is 0 Å². The number of aliphatic hydroxyl groups is 1. The molecule has 0 heterocycles. The van der Waals surface area contributed by atoms with Crippen molar-refractivity contribution in [3.05, 3.63) is 0 Å². The summed E-state index contributed by atoms with van der Waals surface area (Å²) in [6.45, 7) is 13.1. The molecular formula is C13H28O. The van der Waals surface area contributed by atoms with E-state index in [1.807, 2.05) is 0 Å². The molecule has 0 saturated heterocycles. The fourth-order valence-electron chi connectivity index (χ4n) is 1.95. The lowest BCUT2D eigenvalue weighted by atomic mass is 9.73. The molecule has 0 bridgehead atoms. The first-order valence-corrected chi connectivity index (χ1v) is 6.04. The monoisotopic (exact) mass is 200 g/mol. The molecule has 14 heavy (non-hydrogen) atoms. The molecular weight excluding hydrogens is 172 g/mol. The molecule has 1 heteroatoms. The van der Waals surface area contributed by atoms with Crippen molar-refractivity contribution in [3.8, 4) is 0 Å². The van der Waals surface area contributed by atoms with Crippen molar-refractivity contribution in [1.29, 1.82) is 0 Å². The summed E-state index contributed by atoms with van der Waals surface area (Å²) in [5, 5.41) is 10.2. The van der Waals surface area contributed by atoms with Gasteiger partial charge in [-0.15, -0.1) is 0 Å². The van der Waals surface area contributed by atoms with Crippen LogP contribution in [0, 0.1) is 17.3 Å². The minimum Gasteiger partial charge on any atom is -0.392 e. The second-order valence-corrected chi connectivity index (χ2v) is 5.41. The molecule has 0 rings (SSSR count). The Morgan fingerprint density at radius 2 is 1.64 bits per heavy atom. The molecule has 1 N–H and O–H groups in total. The Hall–Kier alpha value is -0.0400. The summed E-state index contributed by atoms with van der Waals surface area (Å²) in [6, 6.07) is 0. The van der Waals surface area contributed by atoms with Crippen molar-refractivity contribution in [2.24, 2.45) is 17.3 Å². The van der Waals surface area contributed by atoms with Crippen LogP contribution >= 0.6 is 0 Å². The second-order valence-electron chi connectivity index (χ2n) is 5.41. The third-order valence-electron chi connectivity index (χ3n) is 3.85. The van der Waals surface area contributed by atoms with Crippen LogP contribution in [0.25, 0.3) is 0 Å². The standard InChI is InChI=1S/C13H28O/c1-7-9-10(3)11(4)12(14)13(5,6)8-2/h10-12,14H,7-9H2,1-6H3. The lowest BCUT2D eigenvalue weighted by Gasteiger charge is -2.36. The molecule has 0 aliphatic carbocycles. The summed E-state index contributed by atoms with van der Waals surface area (Å²) in [4.78, 5) is 0. The molecule has 0 spiro atoms. The summed E-state index contributed by atoms with van der Waals surface area (Å²) in [5.74, 6) is 1.03. The maximum atomic E-state index is 10.2. The minimum atomic E-state index is -0.172. The Bertz CT molecular complexity index is 151. The first kappa shape index (κ1) is 14.0. The molecule has 0 aliphatic heterocycles. The fourth-order valence-corrected chi connectivity index (χ4v) is 1.95. The van der Waals surface area contributed by atoms with Gasteiger partial charge in [-0.05, 0) is 23.7 Å². The topological polar surface area (TPSA) is 20.2 Å². The molecule has 0 aromatic carbocycles. The highest BCUT2D eigenvalue weighted by Crippen LogP contribution is 2.33. The van der Waals surface area contributed by atoms with E-state index in [2.05, 4.69) is 41.5 Å². The van der Waals surface area contributed by atoms with E-state index in [0.29, 0.717) is 11.8 Å². The zero-order valence-corrected chi connectivity index (χ0v) is 10.8. The molecule has 0 aliphatic rings. The molecule has 0 aromatic rings. The number of aliphatic hydroxyl groups excluding tert-OH is 1. The van der Waals surface area contributed by atoms with Crippen LogP contribution in [0.4, 0.5) is 0 Å². The Morgan fingerprint density at radius 1 is 1.14 bits per heavy atom. The largest absolute Gasteiger partial charge is 0.392 e. The SMILES string of the molecule is CCCC(C)C(C)C(O)C(C)(C)CC. The molecule has 0 saturated carbocycles. The predicted molar refractivity (Wildman–Crippen MR) is 63.3 cm³/mol. The highest BCUT2D eigenvalue weighted by Gasteiger charge is 2.32. The van der Waals surface area contributed by atoms with E-state index in [4.69, 9.17) is 0 Å². The van der Waals surface area contributed by atoms with Gasteiger partial charge in [-0.2, -0.15) is 0 Å². The summed E-state index contributed by atoms with van der Waals surface area (Å²) < 4.78 is 0. The van der Waals surface area contributed by atoms with Gasteiger partial charge in [0.1, 0.15) is 0 Å². The molecule has 3 unspecified atom stereocenters. The van der Waals surface area contributed by atoms with Crippen molar-refractivity contribution in [2.45, 2.75) is 66.9 Å². The van der Waals surface area contributed by atoms with Crippen LogP contribution in [0.5, 0.6) is 0 Å². The molecule has 0 fully saturated rings. The first-order chi connectivity index (χ1) is 6.36.